The predicted molar refractivity (Wildman–Crippen MR) is 85.5 cm³/mol. The Balaban J connectivity index is 2.60. The molecular weight excluding hydrogens is 360 g/mol. The van der Waals surface area contributed by atoms with Crippen molar-refractivity contribution in [2.75, 3.05) is 11.5 Å². The fourth-order valence-corrected chi connectivity index (χ4v) is 2.83. The minimum Gasteiger partial charge on any atom is -0.399 e. The van der Waals surface area contributed by atoms with E-state index in [0.717, 1.165) is 18.2 Å². The molecule has 12 heteroatoms. The Morgan fingerprint density at radius 3 is 1.96 bits per heavy atom. The second kappa shape index (κ2) is 6.16. The summed E-state index contributed by atoms with van der Waals surface area (Å²) in [4.78, 5) is -1.30. The summed E-state index contributed by atoms with van der Waals surface area (Å²) in [5.74, 6) is 0. The van der Waals surface area contributed by atoms with Crippen molar-refractivity contribution >= 4 is 43.0 Å². The van der Waals surface area contributed by atoms with Gasteiger partial charge >= 0.3 is 0 Å². The molecular formula is C12H12N4O6S2. The van der Waals surface area contributed by atoms with E-state index in [9.17, 15) is 16.8 Å². The van der Waals surface area contributed by atoms with E-state index in [1.54, 1.807) is 0 Å². The number of nitrogens with two attached hydrogens (primary N) is 2. The number of hydrogen-bond donors (Lipinski definition) is 4. The van der Waals surface area contributed by atoms with Gasteiger partial charge in [-0.2, -0.15) is 16.8 Å². The van der Waals surface area contributed by atoms with Gasteiger partial charge in [0.25, 0.3) is 20.2 Å². The molecule has 0 amide bonds. The van der Waals surface area contributed by atoms with Gasteiger partial charge in [-0.15, -0.1) is 10.2 Å². The van der Waals surface area contributed by atoms with Crippen molar-refractivity contribution < 1.29 is 25.9 Å². The van der Waals surface area contributed by atoms with Crippen LogP contribution >= 0.6 is 0 Å². The maximum Gasteiger partial charge on any atom is 0.296 e. The first kappa shape index (κ1) is 17.8. The number of azo groups is 1. The van der Waals surface area contributed by atoms with Crippen molar-refractivity contribution in [1.29, 1.82) is 0 Å². The third-order valence-corrected chi connectivity index (χ3v) is 4.57. The topological polar surface area (TPSA) is 186 Å². The van der Waals surface area contributed by atoms with E-state index in [-0.39, 0.29) is 11.4 Å². The normalized spacial score (nSPS) is 12.6. The molecule has 0 spiro atoms. The molecule has 0 bridgehead atoms. The molecule has 2 aromatic rings. The lowest BCUT2D eigenvalue weighted by Crippen LogP contribution is -2.02. The average Bonchev–Trinajstić information content (AvgIpc) is 2.44. The van der Waals surface area contributed by atoms with Gasteiger partial charge in [-0.1, -0.05) is 0 Å². The first-order valence-electron chi connectivity index (χ1n) is 6.14. The Morgan fingerprint density at radius 1 is 0.792 bits per heavy atom. The van der Waals surface area contributed by atoms with Crippen LogP contribution in [0.4, 0.5) is 22.7 Å². The summed E-state index contributed by atoms with van der Waals surface area (Å²) >= 11 is 0. The largest absolute Gasteiger partial charge is 0.399 e. The molecule has 0 saturated carbocycles. The summed E-state index contributed by atoms with van der Waals surface area (Å²) in [6, 6.07) is 6.60. The van der Waals surface area contributed by atoms with E-state index in [1.807, 2.05) is 0 Å². The van der Waals surface area contributed by atoms with Crippen LogP contribution in [0.3, 0.4) is 0 Å². The first-order valence-corrected chi connectivity index (χ1v) is 9.02. The van der Waals surface area contributed by atoms with Gasteiger partial charge in [0.15, 0.2) is 0 Å². The standard InChI is InChI=1S/C12H12N4O6S2/c13-7-1-3-10(9(14)5-7)15-16-11-6-8(23(17,18)19)2-4-12(11)24(20,21)22/h1-6H,13-14H2,(H,17,18,19)(H,20,21,22). The fraction of sp³-hybridized carbons (Fsp3) is 0. The van der Waals surface area contributed by atoms with Gasteiger partial charge in [0.1, 0.15) is 16.3 Å². The lowest BCUT2D eigenvalue weighted by Gasteiger charge is -2.05. The Bertz CT molecular complexity index is 1030. The summed E-state index contributed by atoms with van der Waals surface area (Å²) in [5, 5.41) is 7.30. The summed E-state index contributed by atoms with van der Waals surface area (Å²) in [5.41, 5.74) is 11.4. The molecule has 2 rings (SSSR count). The molecule has 2 aromatic carbocycles. The SMILES string of the molecule is Nc1ccc(N=Nc2cc(S(=O)(=O)O)ccc2S(=O)(=O)O)c(N)c1. The molecule has 6 N–H and O–H groups in total. The van der Waals surface area contributed by atoms with Crippen LogP contribution in [0.5, 0.6) is 0 Å². The molecule has 0 aliphatic heterocycles. The highest BCUT2D eigenvalue weighted by Gasteiger charge is 2.19. The van der Waals surface area contributed by atoms with Gasteiger partial charge in [0.2, 0.25) is 0 Å². The fourth-order valence-electron chi connectivity index (χ4n) is 1.73. The van der Waals surface area contributed by atoms with Gasteiger partial charge in [0, 0.05) is 5.69 Å². The van der Waals surface area contributed by atoms with E-state index in [2.05, 4.69) is 10.2 Å². The van der Waals surface area contributed by atoms with Crippen molar-refractivity contribution in [2.24, 2.45) is 10.2 Å². The van der Waals surface area contributed by atoms with Crippen LogP contribution in [0.15, 0.2) is 56.4 Å². The Hall–Kier alpha value is -2.54. The molecule has 0 unspecified atom stereocenters. The second-order valence-corrected chi connectivity index (χ2v) is 7.41. The molecule has 0 fully saturated rings. The quantitative estimate of drug-likeness (QED) is 0.355. The van der Waals surface area contributed by atoms with Crippen molar-refractivity contribution in [2.45, 2.75) is 9.79 Å². The molecule has 0 saturated heterocycles. The van der Waals surface area contributed by atoms with Gasteiger partial charge < -0.3 is 11.5 Å². The summed E-state index contributed by atoms with van der Waals surface area (Å²) in [6.45, 7) is 0. The molecule has 128 valence electrons. The summed E-state index contributed by atoms with van der Waals surface area (Å²) in [7, 11) is -9.30. The van der Waals surface area contributed by atoms with E-state index >= 15 is 0 Å². The van der Waals surface area contributed by atoms with Crippen LogP contribution in [0.2, 0.25) is 0 Å². The molecule has 24 heavy (non-hydrogen) atoms. The van der Waals surface area contributed by atoms with Crippen LogP contribution in [0.25, 0.3) is 0 Å². The maximum atomic E-state index is 11.3. The van der Waals surface area contributed by atoms with Crippen LogP contribution in [0, 0.1) is 0 Å². The van der Waals surface area contributed by atoms with E-state index in [0.29, 0.717) is 5.69 Å². The average molecular weight is 372 g/mol. The first-order chi connectivity index (χ1) is 11.0. The van der Waals surface area contributed by atoms with Crippen molar-refractivity contribution in [3.8, 4) is 0 Å². The zero-order valence-electron chi connectivity index (χ0n) is 11.9. The van der Waals surface area contributed by atoms with Crippen molar-refractivity contribution in [3.63, 3.8) is 0 Å². The molecule has 10 nitrogen and oxygen atoms in total. The Kier molecular flexibility index (Phi) is 4.57. The van der Waals surface area contributed by atoms with Gasteiger partial charge in [0.05, 0.1) is 10.6 Å². The number of benzene rings is 2. The van der Waals surface area contributed by atoms with Gasteiger partial charge in [-0.25, -0.2) is 0 Å². The lowest BCUT2D eigenvalue weighted by atomic mass is 10.2. The number of rotatable bonds is 4. The van der Waals surface area contributed by atoms with Crippen LogP contribution in [-0.2, 0) is 20.2 Å². The molecule has 0 aromatic heterocycles. The predicted octanol–water partition coefficient (Wildman–Crippen LogP) is 1.76. The van der Waals surface area contributed by atoms with Gasteiger partial charge in [-0.05, 0) is 36.4 Å². The summed E-state index contributed by atoms with van der Waals surface area (Å²) < 4.78 is 63.2. The third kappa shape index (κ3) is 4.05. The lowest BCUT2D eigenvalue weighted by molar-refractivity contribution is 0.478. The molecule has 0 heterocycles. The van der Waals surface area contributed by atoms with E-state index < -0.39 is 35.7 Å². The monoisotopic (exact) mass is 372 g/mol. The number of nitrogen functional groups attached to an aromatic ring is 2. The molecule has 0 atom stereocenters. The molecule has 0 radical (unpaired) electrons. The van der Waals surface area contributed by atoms with E-state index in [1.165, 1.54) is 18.2 Å². The maximum absolute atomic E-state index is 11.3. The highest BCUT2D eigenvalue weighted by atomic mass is 32.2. The van der Waals surface area contributed by atoms with Crippen LogP contribution in [0.1, 0.15) is 0 Å². The second-order valence-electron chi connectivity index (χ2n) is 4.60. The number of nitrogens with zero attached hydrogens (tertiary/aromatic N) is 2. The highest BCUT2D eigenvalue weighted by Crippen LogP contribution is 2.31. The zero-order valence-corrected chi connectivity index (χ0v) is 13.5. The molecule has 0 aliphatic rings. The zero-order chi connectivity index (χ0) is 18.1. The smallest absolute Gasteiger partial charge is 0.296 e. The van der Waals surface area contributed by atoms with Gasteiger partial charge in [-0.3, -0.25) is 9.11 Å². The highest BCUT2D eigenvalue weighted by molar-refractivity contribution is 7.86. The summed E-state index contributed by atoms with van der Waals surface area (Å²) in [6.07, 6.45) is 0. The van der Waals surface area contributed by atoms with Crippen LogP contribution < -0.4 is 11.5 Å². The number of hydrogen-bond acceptors (Lipinski definition) is 8. The van der Waals surface area contributed by atoms with Crippen molar-refractivity contribution in [1.82, 2.24) is 0 Å². The Labute approximate surface area is 137 Å². The minimum atomic E-state index is -4.70. The number of anilines is 2. The molecule has 0 aliphatic carbocycles. The van der Waals surface area contributed by atoms with E-state index in [4.69, 9.17) is 20.6 Å². The Morgan fingerprint density at radius 2 is 1.42 bits per heavy atom. The minimum absolute atomic E-state index is 0.141. The van der Waals surface area contributed by atoms with Crippen molar-refractivity contribution in [3.05, 3.63) is 36.4 Å². The van der Waals surface area contributed by atoms with Crippen LogP contribution in [-0.4, -0.2) is 25.9 Å². The third-order valence-electron chi connectivity index (χ3n) is 2.82.